The summed E-state index contributed by atoms with van der Waals surface area (Å²) in [7, 11) is 3.57. The summed E-state index contributed by atoms with van der Waals surface area (Å²) in [6.07, 6.45) is 2.62. The molecule has 84 valence electrons. The Labute approximate surface area is 93.7 Å². The van der Waals surface area contributed by atoms with Gasteiger partial charge >= 0.3 is 5.97 Å². The Bertz CT molecular complexity index is 408. The average Bonchev–Trinajstić information content (AvgIpc) is 2.25. The van der Waals surface area contributed by atoms with Gasteiger partial charge in [-0.2, -0.15) is 0 Å². The second-order valence-electron chi connectivity index (χ2n) is 3.30. The molecule has 5 heteroatoms. The summed E-state index contributed by atoms with van der Waals surface area (Å²) >= 11 is 0. The van der Waals surface area contributed by atoms with E-state index in [1.807, 2.05) is 0 Å². The second kappa shape index (κ2) is 5.65. The molecule has 0 saturated heterocycles. The summed E-state index contributed by atoms with van der Waals surface area (Å²) in [6.45, 7) is 0. The van der Waals surface area contributed by atoms with Crippen LogP contribution in [0.3, 0.4) is 0 Å². The van der Waals surface area contributed by atoms with E-state index in [4.69, 9.17) is 5.11 Å². The van der Waals surface area contributed by atoms with Crippen molar-refractivity contribution in [3.63, 3.8) is 0 Å². The van der Waals surface area contributed by atoms with E-state index in [2.05, 4.69) is 10.3 Å². The molecule has 0 unspecified atom stereocenters. The molecule has 1 aromatic carbocycles. The summed E-state index contributed by atoms with van der Waals surface area (Å²) in [5, 5.41) is 17.8. The maximum Gasteiger partial charge on any atom is 0.328 e. The largest absolute Gasteiger partial charge is 0.478 e. The number of aliphatic carboxylic acids is 1. The summed E-state index contributed by atoms with van der Waals surface area (Å²) < 4.78 is 0. The molecular formula is C11H13N3O2. The van der Waals surface area contributed by atoms with E-state index in [1.54, 1.807) is 43.4 Å². The maximum atomic E-state index is 10.3. The number of carboxylic acid groups (broad SMARTS) is 1. The van der Waals surface area contributed by atoms with Crippen molar-refractivity contribution in [3.05, 3.63) is 35.9 Å². The molecule has 0 radical (unpaired) electrons. The minimum Gasteiger partial charge on any atom is -0.478 e. The van der Waals surface area contributed by atoms with E-state index in [9.17, 15) is 4.79 Å². The molecule has 0 saturated carbocycles. The normalized spacial score (nSPS) is 11.1. The molecule has 0 aliphatic carbocycles. The van der Waals surface area contributed by atoms with Gasteiger partial charge in [0.2, 0.25) is 0 Å². The summed E-state index contributed by atoms with van der Waals surface area (Å²) in [5.74, 6) is -0.962. The first-order valence-corrected chi connectivity index (χ1v) is 4.68. The summed E-state index contributed by atoms with van der Waals surface area (Å²) in [6, 6.07) is 7.11. The number of rotatable bonds is 4. The van der Waals surface area contributed by atoms with Gasteiger partial charge in [-0.05, 0) is 23.8 Å². The van der Waals surface area contributed by atoms with Crippen molar-refractivity contribution >= 4 is 17.7 Å². The van der Waals surface area contributed by atoms with Gasteiger partial charge in [-0.25, -0.2) is 4.79 Å². The lowest BCUT2D eigenvalue weighted by molar-refractivity contribution is -0.131. The van der Waals surface area contributed by atoms with E-state index in [0.717, 1.165) is 17.3 Å². The van der Waals surface area contributed by atoms with Gasteiger partial charge < -0.3 is 5.11 Å². The van der Waals surface area contributed by atoms with Crippen molar-refractivity contribution in [3.8, 4) is 0 Å². The number of carboxylic acids is 1. The van der Waals surface area contributed by atoms with Crippen LogP contribution >= 0.6 is 0 Å². The van der Waals surface area contributed by atoms with Gasteiger partial charge in [0.25, 0.3) is 0 Å². The van der Waals surface area contributed by atoms with Gasteiger partial charge in [-0.1, -0.05) is 17.4 Å². The highest BCUT2D eigenvalue weighted by molar-refractivity contribution is 5.85. The van der Waals surface area contributed by atoms with Crippen LogP contribution in [0.2, 0.25) is 0 Å². The number of carbonyl (C=O) groups is 1. The smallest absolute Gasteiger partial charge is 0.328 e. The number of hydrogen-bond donors (Lipinski definition) is 1. The molecule has 1 rings (SSSR count). The van der Waals surface area contributed by atoms with Crippen LogP contribution in [0, 0.1) is 0 Å². The lowest BCUT2D eigenvalue weighted by atomic mass is 10.2. The molecule has 16 heavy (non-hydrogen) atoms. The maximum absolute atomic E-state index is 10.3. The SMILES string of the molecule is CN(C)N=Nc1ccc(/C=C/C(=O)O)cc1. The van der Waals surface area contributed by atoms with Crippen LogP contribution in [0.1, 0.15) is 5.56 Å². The van der Waals surface area contributed by atoms with E-state index in [-0.39, 0.29) is 0 Å². The predicted octanol–water partition coefficient (Wildman–Crippen LogP) is 2.34. The quantitative estimate of drug-likeness (QED) is 0.480. The molecule has 0 bridgehead atoms. The highest BCUT2D eigenvalue weighted by Crippen LogP contribution is 2.14. The van der Waals surface area contributed by atoms with Crippen molar-refractivity contribution in [1.29, 1.82) is 0 Å². The Hall–Kier alpha value is -2.17. The fraction of sp³-hybridized carbons (Fsp3) is 0.182. The van der Waals surface area contributed by atoms with Crippen molar-refractivity contribution in [1.82, 2.24) is 5.01 Å². The van der Waals surface area contributed by atoms with Crippen LogP contribution in [0.15, 0.2) is 40.7 Å². The molecule has 0 aliphatic heterocycles. The molecule has 0 heterocycles. The third kappa shape index (κ3) is 4.36. The van der Waals surface area contributed by atoms with Crippen LogP contribution in [0.4, 0.5) is 5.69 Å². The van der Waals surface area contributed by atoms with Crippen LogP contribution < -0.4 is 0 Å². The van der Waals surface area contributed by atoms with Crippen LogP contribution in [-0.4, -0.2) is 30.2 Å². The average molecular weight is 219 g/mol. The van der Waals surface area contributed by atoms with Gasteiger partial charge in [-0.15, -0.1) is 5.11 Å². The lowest BCUT2D eigenvalue weighted by Gasteiger charge is -2.00. The Balaban J connectivity index is 2.71. The first-order chi connectivity index (χ1) is 7.58. The van der Waals surface area contributed by atoms with E-state index in [0.29, 0.717) is 0 Å². The standard InChI is InChI=1S/C11H13N3O2/c1-14(2)13-12-10-6-3-9(4-7-10)5-8-11(15)16/h3-8H,1-2H3,(H,15,16)/b8-5+,13-12?. The fourth-order valence-electron chi connectivity index (χ4n) is 0.961. The molecular weight excluding hydrogens is 206 g/mol. The zero-order valence-corrected chi connectivity index (χ0v) is 9.16. The van der Waals surface area contributed by atoms with Crippen molar-refractivity contribution in [2.75, 3.05) is 14.1 Å². The number of hydrogen-bond acceptors (Lipinski definition) is 3. The molecule has 0 fully saturated rings. The lowest BCUT2D eigenvalue weighted by Crippen LogP contribution is -1.98. The Morgan fingerprint density at radius 1 is 1.31 bits per heavy atom. The van der Waals surface area contributed by atoms with E-state index < -0.39 is 5.97 Å². The molecule has 0 aliphatic rings. The zero-order chi connectivity index (χ0) is 12.0. The molecule has 0 atom stereocenters. The van der Waals surface area contributed by atoms with Crippen LogP contribution in [0.5, 0.6) is 0 Å². The Morgan fingerprint density at radius 2 is 1.94 bits per heavy atom. The first kappa shape index (κ1) is 11.9. The fourth-order valence-corrected chi connectivity index (χ4v) is 0.961. The summed E-state index contributed by atoms with van der Waals surface area (Å²) in [5.41, 5.74) is 1.53. The minimum absolute atomic E-state index is 0.723. The van der Waals surface area contributed by atoms with E-state index >= 15 is 0 Å². The van der Waals surface area contributed by atoms with Gasteiger partial charge in [0.1, 0.15) is 0 Å². The van der Waals surface area contributed by atoms with Gasteiger partial charge in [0, 0.05) is 20.2 Å². The third-order valence-corrected chi connectivity index (χ3v) is 1.65. The Kier molecular flexibility index (Phi) is 4.20. The van der Waals surface area contributed by atoms with Crippen LogP contribution in [0.25, 0.3) is 6.08 Å². The van der Waals surface area contributed by atoms with Gasteiger partial charge in [-0.3, -0.25) is 5.01 Å². The molecule has 0 spiro atoms. The van der Waals surface area contributed by atoms with E-state index in [1.165, 1.54) is 6.08 Å². The predicted molar refractivity (Wildman–Crippen MR) is 61.3 cm³/mol. The van der Waals surface area contributed by atoms with Gasteiger partial charge in [0.05, 0.1) is 5.69 Å². The monoisotopic (exact) mass is 219 g/mol. The molecule has 1 N–H and O–H groups in total. The van der Waals surface area contributed by atoms with Crippen LogP contribution in [-0.2, 0) is 4.79 Å². The van der Waals surface area contributed by atoms with Crippen molar-refractivity contribution in [2.45, 2.75) is 0 Å². The van der Waals surface area contributed by atoms with Crippen molar-refractivity contribution in [2.24, 2.45) is 10.3 Å². The third-order valence-electron chi connectivity index (χ3n) is 1.65. The summed E-state index contributed by atoms with van der Waals surface area (Å²) in [4.78, 5) is 10.3. The topological polar surface area (TPSA) is 65.3 Å². The highest BCUT2D eigenvalue weighted by Gasteiger charge is 1.91. The molecule has 5 nitrogen and oxygen atoms in total. The Morgan fingerprint density at radius 3 is 2.44 bits per heavy atom. The minimum atomic E-state index is -0.962. The molecule has 0 amide bonds. The highest BCUT2D eigenvalue weighted by atomic mass is 16.4. The molecule has 1 aromatic rings. The second-order valence-corrected chi connectivity index (χ2v) is 3.30. The van der Waals surface area contributed by atoms with Gasteiger partial charge in [0.15, 0.2) is 0 Å². The molecule has 0 aromatic heterocycles. The zero-order valence-electron chi connectivity index (χ0n) is 9.16. The number of nitrogens with zero attached hydrogens (tertiary/aromatic N) is 3. The number of benzene rings is 1. The first-order valence-electron chi connectivity index (χ1n) is 4.68. The van der Waals surface area contributed by atoms with Crippen molar-refractivity contribution < 1.29 is 9.90 Å².